The van der Waals surface area contributed by atoms with Crippen molar-refractivity contribution in [2.45, 2.75) is 26.3 Å². The van der Waals surface area contributed by atoms with Crippen LogP contribution in [-0.4, -0.2) is 39.2 Å². The summed E-state index contributed by atoms with van der Waals surface area (Å²) in [6, 6.07) is 11.4. The van der Waals surface area contributed by atoms with Gasteiger partial charge in [0.1, 0.15) is 10.7 Å². The Kier molecular flexibility index (Phi) is 6.12. The van der Waals surface area contributed by atoms with Crippen LogP contribution in [0, 0.1) is 12.8 Å². The third-order valence-corrected chi connectivity index (χ3v) is 6.97. The molecule has 0 spiro atoms. The molecule has 9 heteroatoms. The largest absolute Gasteiger partial charge is 0.463 e. The molecule has 168 valence electrons. The first kappa shape index (κ1) is 21.3. The van der Waals surface area contributed by atoms with Crippen LogP contribution < -0.4 is 10.2 Å². The molecule has 1 amide bonds. The summed E-state index contributed by atoms with van der Waals surface area (Å²) in [7, 11) is 0. The second kappa shape index (κ2) is 9.50. The van der Waals surface area contributed by atoms with Gasteiger partial charge in [0.2, 0.25) is 5.91 Å². The van der Waals surface area contributed by atoms with Crippen molar-refractivity contribution in [2.75, 3.05) is 18.0 Å². The molecule has 4 aromatic rings. The Morgan fingerprint density at radius 3 is 2.94 bits per heavy atom. The molecule has 0 bridgehead atoms. The molecule has 1 N–H and O–H groups in total. The van der Waals surface area contributed by atoms with Crippen molar-refractivity contribution in [1.82, 2.24) is 25.5 Å². The minimum Gasteiger partial charge on any atom is -0.463 e. The van der Waals surface area contributed by atoms with Crippen LogP contribution >= 0.6 is 11.3 Å². The van der Waals surface area contributed by atoms with Gasteiger partial charge in [-0.15, -0.1) is 21.5 Å². The number of carbonyl (C=O) groups excluding carboxylic acids is 1. The van der Waals surface area contributed by atoms with Crippen LogP contribution in [0.4, 0.5) is 5.82 Å². The van der Waals surface area contributed by atoms with Gasteiger partial charge in [-0.3, -0.25) is 9.78 Å². The number of thiazole rings is 1. The fraction of sp³-hybridized carbons (Fsp3) is 0.292. The van der Waals surface area contributed by atoms with Crippen LogP contribution in [0.3, 0.4) is 0 Å². The van der Waals surface area contributed by atoms with E-state index in [1.54, 1.807) is 30.0 Å². The van der Waals surface area contributed by atoms with E-state index in [2.05, 4.69) is 30.4 Å². The van der Waals surface area contributed by atoms with Crippen LogP contribution in [0.5, 0.6) is 0 Å². The highest BCUT2D eigenvalue weighted by Gasteiger charge is 2.27. The lowest BCUT2D eigenvalue weighted by Crippen LogP contribution is -2.43. The van der Waals surface area contributed by atoms with Crippen molar-refractivity contribution in [1.29, 1.82) is 0 Å². The summed E-state index contributed by atoms with van der Waals surface area (Å²) in [6.45, 7) is 3.95. The zero-order valence-corrected chi connectivity index (χ0v) is 19.1. The van der Waals surface area contributed by atoms with Gasteiger partial charge >= 0.3 is 0 Å². The Hall–Kier alpha value is -3.59. The minimum atomic E-state index is -0.0867. The molecule has 33 heavy (non-hydrogen) atoms. The van der Waals surface area contributed by atoms with Gasteiger partial charge in [0, 0.05) is 35.9 Å². The van der Waals surface area contributed by atoms with Crippen molar-refractivity contribution in [2.24, 2.45) is 5.92 Å². The van der Waals surface area contributed by atoms with E-state index >= 15 is 0 Å². The van der Waals surface area contributed by atoms with Gasteiger partial charge < -0.3 is 14.6 Å². The Bertz CT molecular complexity index is 1210. The summed E-state index contributed by atoms with van der Waals surface area (Å²) in [5, 5.41) is 12.7. The number of nitrogens with one attached hydrogen (secondary N) is 1. The summed E-state index contributed by atoms with van der Waals surface area (Å²) in [5.74, 6) is 1.45. The number of aryl methyl sites for hydroxylation is 1. The van der Waals surface area contributed by atoms with Crippen molar-refractivity contribution < 1.29 is 9.21 Å². The molecule has 1 aliphatic heterocycles. The van der Waals surface area contributed by atoms with Gasteiger partial charge in [0.15, 0.2) is 11.6 Å². The molecule has 4 aromatic heterocycles. The van der Waals surface area contributed by atoms with E-state index in [9.17, 15) is 4.79 Å². The number of pyridine rings is 1. The fourth-order valence-electron chi connectivity index (χ4n) is 3.97. The van der Waals surface area contributed by atoms with E-state index in [1.165, 1.54) is 0 Å². The molecular weight excluding hydrogens is 436 g/mol. The van der Waals surface area contributed by atoms with Gasteiger partial charge in [-0.2, -0.15) is 0 Å². The number of hydrogen-bond acceptors (Lipinski definition) is 8. The first-order valence-electron chi connectivity index (χ1n) is 10.9. The number of rotatable bonds is 6. The second-order valence-electron chi connectivity index (χ2n) is 8.03. The van der Waals surface area contributed by atoms with E-state index < -0.39 is 0 Å². The van der Waals surface area contributed by atoms with Gasteiger partial charge in [0.25, 0.3) is 0 Å². The Labute approximate surface area is 195 Å². The Balaban J connectivity index is 1.20. The molecule has 1 atom stereocenters. The van der Waals surface area contributed by atoms with Crippen LogP contribution in [0.1, 0.15) is 23.4 Å². The monoisotopic (exact) mass is 460 g/mol. The van der Waals surface area contributed by atoms with Crippen molar-refractivity contribution in [3.63, 3.8) is 0 Å². The third-order valence-electron chi connectivity index (χ3n) is 5.76. The number of nitrogens with zero attached hydrogens (tertiary/aromatic N) is 5. The summed E-state index contributed by atoms with van der Waals surface area (Å²) < 4.78 is 5.38. The Morgan fingerprint density at radius 1 is 1.24 bits per heavy atom. The van der Waals surface area contributed by atoms with E-state index in [0.717, 1.165) is 46.3 Å². The van der Waals surface area contributed by atoms with Gasteiger partial charge in [0.05, 0.1) is 24.4 Å². The number of aromatic nitrogens is 4. The summed E-state index contributed by atoms with van der Waals surface area (Å²) in [5.41, 5.74) is 2.63. The highest BCUT2D eigenvalue weighted by molar-refractivity contribution is 7.15. The molecule has 8 nitrogen and oxygen atoms in total. The molecular formula is C24H24N6O2S. The van der Waals surface area contributed by atoms with E-state index in [4.69, 9.17) is 4.42 Å². The molecule has 5 heterocycles. The highest BCUT2D eigenvalue weighted by atomic mass is 32.1. The van der Waals surface area contributed by atoms with E-state index in [0.29, 0.717) is 24.5 Å². The number of amides is 1. The first-order chi connectivity index (χ1) is 16.2. The zero-order valence-electron chi connectivity index (χ0n) is 18.3. The quantitative estimate of drug-likeness (QED) is 0.463. The number of anilines is 1. The van der Waals surface area contributed by atoms with Gasteiger partial charge in [-0.1, -0.05) is 0 Å². The average Bonchev–Trinajstić information content (AvgIpc) is 3.53. The zero-order chi connectivity index (χ0) is 22.6. The number of carbonyl (C=O) groups is 1. The maximum absolute atomic E-state index is 12.9. The summed E-state index contributed by atoms with van der Waals surface area (Å²) >= 11 is 1.60. The third kappa shape index (κ3) is 4.78. The first-order valence-corrected chi connectivity index (χ1v) is 11.8. The average molecular weight is 461 g/mol. The second-order valence-corrected chi connectivity index (χ2v) is 9.11. The molecule has 1 aliphatic rings. The maximum atomic E-state index is 12.9. The molecule has 1 saturated heterocycles. The van der Waals surface area contributed by atoms with Crippen molar-refractivity contribution in [3.05, 3.63) is 65.6 Å². The van der Waals surface area contributed by atoms with Crippen LogP contribution in [0.15, 0.2) is 59.5 Å². The van der Waals surface area contributed by atoms with Gasteiger partial charge in [-0.05, 0) is 56.2 Å². The molecule has 1 fully saturated rings. The predicted molar refractivity (Wildman–Crippen MR) is 127 cm³/mol. The predicted octanol–water partition coefficient (Wildman–Crippen LogP) is 4.10. The molecule has 5 rings (SSSR count). The summed E-state index contributed by atoms with van der Waals surface area (Å²) in [6.07, 6.45) is 6.97. The molecule has 0 aromatic carbocycles. The van der Waals surface area contributed by atoms with Crippen LogP contribution in [0.25, 0.3) is 22.0 Å². The SMILES string of the molecule is Cc1nc(-c2cccnc2)sc1CNC(=O)C1CCCN(c2ccc(-c3ccco3)nn2)C1. The summed E-state index contributed by atoms with van der Waals surface area (Å²) in [4.78, 5) is 24.9. The smallest absolute Gasteiger partial charge is 0.225 e. The van der Waals surface area contributed by atoms with E-state index in [1.807, 2.05) is 43.3 Å². The number of furan rings is 1. The number of hydrogen-bond donors (Lipinski definition) is 1. The lowest BCUT2D eigenvalue weighted by atomic mass is 9.97. The maximum Gasteiger partial charge on any atom is 0.225 e. The fourth-order valence-corrected chi connectivity index (χ4v) is 4.96. The van der Waals surface area contributed by atoms with Crippen LogP contribution in [0.2, 0.25) is 0 Å². The lowest BCUT2D eigenvalue weighted by molar-refractivity contribution is -0.125. The topological polar surface area (TPSA) is 97.0 Å². The standard InChI is InChI=1S/C24H24N6O2S/c1-16-21(33-24(27-16)17-5-2-10-25-13-17)14-26-23(31)18-6-3-11-30(15-18)22-9-8-19(28-29-22)20-7-4-12-32-20/h2,4-5,7-10,12-13,18H,3,6,11,14-15H2,1H3,(H,26,31). The number of piperidine rings is 1. The van der Waals surface area contributed by atoms with Gasteiger partial charge in [-0.25, -0.2) is 4.98 Å². The highest BCUT2D eigenvalue weighted by Crippen LogP contribution is 2.28. The molecule has 0 saturated carbocycles. The van der Waals surface area contributed by atoms with Crippen molar-refractivity contribution >= 4 is 23.1 Å². The van der Waals surface area contributed by atoms with Crippen molar-refractivity contribution in [3.8, 4) is 22.0 Å². The normalized spacial score (nSPS) is 16.0. The molecule has 1 unspecified atom stereocenters. The van der Waals surface area contributed by atoms with Crippen LogP contribution in [-0.2, 0) is 11.3 Å². The molecule has 0 aliphatic carbocycles. The Morgan fingerprint density at radius 2 is 2.18 bits per heavy atom. The molecule has 0 radical (unpaired) electrons. The lowest BCUT2D eigenvalue weighted by Gasteiger charge is -2.32. The van der Waals surface area contributed by atoms with E-state index in [-0.39, 0.29) is 11.8 Å². The minimum absolute atomic E-state index is 0.0654.